The molecule has 0 saturated carbocycles. The van der Waals surface area contributed by atoms with Crippen molar-refractivity contribution in [2.24, 2.45) is 0 Å². The predicted molar refractivity (Wildman–Crippen MR) is 55.4 cm³/mol. The van der Waals surface area contributed by atoms with Gasteiger partial charge in [-0.25, -0.2) is 4.98 Å². The fourth-order valence-corrected chi connectivity index (χ4v) is 2.14. The molecule has 1 aromatic carbocycles. The van der Waals surface area contributed by atoms with Crippen LogP contribution in [-0.4, -0.2) is 16.1 Å². The van der Waals surface area contributed by atoms with Crippen molar-refractivity contribution in [2.45, 2.75) is 6.42 Å². The third kappa shape index (κ3) is 1.67. The molecule has 4 nitrogen and oxygen atoms in total. The minimum absolute atomic E-state index is 0.0285. The molecule has 0 spiro atoms. The van der Waals surface area contributed by atoms with Crippen molar-refractivity contribution in [1.82, 2.24) is 4.98 Å². The van der Waals surface area contributed by atoms with Gasteiger partial charge in [0.2, 0.25) is 0 Å². The highest BCUT2D eigenvalue weighted by Gasteiger charge is 2.07. The lowest BCUT2D eigenvalue weighted by atomic mass is 10.3. The van der Waals surface area contributed by atoms with Crippen molar-refractivity contribution in [3.8, 4) is 0 Å². The van der Waals surface area contributed by atoms with Gasteiger partial charge >= 0.3 is 5.97 Å². The Hall–Kier alpha value is -1.62. The number of thiazole rings is 1. The van der Waals surface area contributed by atoms with E-state index in [1.165, 1.54) is 11.3 Å². The first-order valence-electron chi connectivity index (χ1n) is 4.02. The van der Waals surface area contributed by atoms with E-state index in [0.717, 1.165) is 10.2 Å². The average molecular weight is 208 g/mol. The maximum absolute atomic E-state index is 10.5. The summed E-state index contributed by atoms with van der Waals surface area (Å²) in [5, 5.41) is 9.20. The molecule has 3 N–H and O–H groups in total. The van der Waals surface area contributed by atoms with E-state index >= 15 is 0 Å². The number of fused-ring (bicyclic) bond motifs is 1. The van der Waals surface area contributed by atoms with E-state index in [4.69, 9.17) is 10.8 Å². The molecule has 72 valence electrons. The number of aliphatic carboxylic acids is 1. The number of hydrogen-bond acceptors (Lipinski definition) is 4. The average Bonchev–Trinajstić information content (AvgIpc) is 2.44. The van der Waals surface area contributed by atoms with Gasteiger partial charge in [-0.3, -0.25) is 4.79 Å². The van der Waals surface area contributed by atoms with Gasteiger partial charge in [-0.15, -0.1) is 11.3 Å². The zero-order valence-electron chi connectivity index (χ0n) is 7.23. The molecule has 0 unspecified atom stereocenters. The van der Waals surface area contributed by atoms with Crippen LogP contribution in [0.1, 0.15) is 5.01 Å². The van der Waals surface area contributed by atoms with E-state index in [0.29, 0.717) is 10.7 Å². The molecule has 0 aliphatic heterocycles. The van der Waals surface area contributed by atoms with Crippen LogP contribution in [-0.2, 0) is 11.2 Å². The van der Waals surface area contributed by atoms with Crippen molar-refractivity contribution in [3.63, 3.8) is 0 Å². The summed E-state index contributed by atoms with van der Waals surface area (Å²) in [4.78, 5) is 14.6. The molecular formula is C9H8N2O2S. The minimum atomic E-state index is -0.864. The summed E-state index contributed by atoms with van der Waals surface area (Å²) in [6, 6.07) is 5.38. The number of rotatable bonds is 2. The first-order valence-corrected chi connectivity index (χ1v) is 4.83. The number of carboxylic acid groups (broad SMARTS) is 1. The molecule has 0 amide bonds. The third-order valence-electron chi connectivity index (χ3n) is 1.76. The first-order chi connectivity index (χ1) is 6.65. The summed E-state index contributed by atoms with van der Waals surface area (Å²) in [6.45, 7) is 0. The zero-order chi connectivity index (χ0) is 10.1. The zero-order valence-corrected chi connectivity index (χ0v) is 8.04. The largest absolute Gasteiger partial charge is 0.481 e. The van der Waals surface area contributed by atoms with E-state index in [9.17, 15) is 4.79 Å². The highest BCUT2D eigenvalue weighted by atomic mass is 32.1. The molecule has 2 aromatic rings. The van der Waals surface area contributed by atoms with Crippen LogP contribution < -0.4 is 5.73 Å². The molecule has 0 aliphatic rings. The molecule has 0 radical (unpaired) electrons. The lowest BCUT2D eigenvalue weighted by Gasteiger charge is -1.89. The van der Waals surface area contributed by atoms with Gasteiger partial charge in [0.05, 0.1) is 16.6 Å². The molecule has 5 heteroatoms. The van der Waals surface area contributed by atoms with Crippen molar-refractivity contribution in [2.75, 3.05) is 5.73 Å². The summed E-state index contributed by atoms with van der Waals surface area (Å²) >= 11 is 1.39. The highest BCUT2D eigenvalue weighted by molar-refractivity contribution is 7.18. The number of carboxylic acids is 1. The molecule has 14 heavy (non-hydrogen) atoms. The van der Waals surface area contributed by atoms with E-state index < -0.39 is 5.97 Å². The molecule has 0 bridgehead atoms. The molecule has 2 rings (SSSR count). The minimum Gasteiger partial charge on any atom is -0.481 e. The molecule has 0 atom stereocenters. The molecule has 1 heterocycles. The van der Waals surface area contributed by atoms with Crippen LogP contribution >= 0.6 is 11.3 Å². The van der Waals surface area contributed by atoms with Crippen molar-refractivity contribution in [3.05, 3.63) is 23.2 Å². The van der Waals surface area contributed by atoms with Crippen LogP contribution in [0.2, 0.25) is 0 Å². The summed E-state index contributed by atoms with van der Waals surface area (Å²) in [5.74, 6) is -0.864. The Balaban J connectivity index is 2.46. The summed E-state index contributed by atoms with van der Waals surface area (Å²) in [6.07, 6.45) is -0.0285. The molecule has 0 saturated heterocycles. The summed E-state index contributed by atoms with van der Waals surface area (Å²) in [5.41, 5.74) is 7.00. The first kappa shape index (κ1) is 8.96. The van der Waals surface area contributed by atoms with Crippen LogP contribution in [0.15, 0.2) is 18.2 Å². The van der Waals surface area contributed by atoms with Gasteiger partial charge in [0.25, 0.3) is 0 Å². The Morgan fingerprint density at radius 1 is 1.57 bits per heavy atom. The molecule has 0 fully saturated rings. The fourth-order valence-electron chi connectivity index (χ4n) is 1.20. The van der Waals surface area contributed by atoms with E-state index in [1.54, 1.807) is 12.1 Å². The molecule has 1 aromatic heterocycles. The van der Waals surface area contributed by atoms with Gasteiger partial charge in [0.1, 0.15) is 5.01 Å². The summed E-state index contributed by atoms with van der Waals surface area (Å²) in [7, 11) is 0. The second-order valence-electron chi connectivity index (χ2n) is 2.91. The number of aromatic nitrogens is 1. The number of hydrogen-bond donors (Lipinski definition) is 2. The number of carbonyl (C=O) groups is 1. The monoisotopic (exact) mass is 208 g/mol. The van der Waals surface area contributed by atoms with E-state index in [-0.39, 0.29) is 6.42 Å². The van der Waals surface area contributed by atoms with Gasteiger partial charge in [0, 0.05) is 5.69 Å². The van der Waals surface area contributed by atoms with E-state index in [1.807, 2.05) is 6.07 Å². The number of benzene rings is 1. The molecule has 0 aliphatic carbocycles. The number of nitrogens with two attached hydrogens (primary N) is 1. The quantitative estimate of drug-likeness (QED) is 0.733. The summed E-state index contributed by atoms with van der Waals surface area (Å²) < 4.78 is 0.968. The molecular weight excluding hydrogens is 200 g/mol. The van der Waals surface area contributed by atoms with Crippen LogP contribution in [0.3, 0.4) is 0 Å². The van der Waals surface area contributed by atoms with Crippen molar-refractivity contribution < 1.29 is 9.90 Å². The second-order valence-corrected chi connectivity index (χ2v) is 4.02. The fraction of sp³-hybridized carbons (Fsp3) is 0.111. The maximum atomic E-state index is 10.5. The lowest BCUT2D eigenvalue weighted by Crippen LogP contribution is -1.98. The second kappa shape index (κ2) is 3.26. The van der Waals surface area contributed by atoms with Gasteiger partial charge in [-0.2, -0.15) is 0 Å². The Morgan fingerprint density at radius 2 is 2.36 bits per heavy atom. The number of nitrogens with zero attached hydrogens (tertiary/aromatic N) is 1. The number of nitrogen functional groups attached to an aromatic ring is 1. The van der Waals surface area contributed by atoms with Crippen LogP contribution in [0.25, 0.3) is 10.2 Å². The predicted octanol–water partition coefficient (Wildman–Crippen LogP) is 1.51. The van der Waals surface area contributed by atoms with E-state index in [2.05, 4.69) is 4.98 Å². The number of anilines is 1. The Labute approximate surface area is 84.0 Å². The van der Waals surface area contributed by atoms with Crippen molar-refractivity contribution in [1.29, 1.82) is 0 Å². The van der Waals surface area contributed by atoms with Gasteiger partial charge in [-0.1, -0.05) is 0 Å². The SMILES string of the molecule is Nc1ccc2sc(CC(=O)O)nc2c1. The van der Waals surface area contributed by atoms with Crippen LogP contribution in [0, 0.1) is 0 Å². The van der Waals surface area contributed by atoms with Gasteiger partial charge < -0.3 is 10.8 Å². The Kier molecular flexibility index (Phi) is 2.09. The highest BCUT2D eigenvalue weighted by Crippen LogP contribution is 2.24. The van der Waals surface area contributed by atoms with Crippen molar-refractivity contribution >= 4 is 33.2 Å². The standard InChI is InChI=1S/C9H8N2O2S/c10-5-1-2-7-6(3-5)11-8(14-7)4-9(12)13/h1-3H,4,10H2,(H,12,13). The normalized spacial score (nSPS) is 10.6. The van der Waals surface area contributed by atoms with Gasteiger partial charge in [-0.05, 0) is 18.2 Å². The lowest BCUT2D eigenvalue weighted by molar-refractivity contribution is -0.136. The van der Waals surface area contributed by atoms with Crippen LogP contribution in [0.5, 0.6) is 0 Å². The topological polar surface area (TPSA) is 76.2 Å². The smallest absolute Gasteiger partial charge is 0.310 e. The third-order valence-corrected chi connectivity index (χ3v) is 2.79. The maximum Gasteiger partial charge on any atom is 0.310 e. The Morgan fingerprint density at radius 3 is 3.07 bits per heavy atom. The van der Waals surface area contributed by atoms with Crippen LogP contribution in [0.4, 0.5) is 5.69 Å². The Bertz CT molecular complexity index is 493. The van der Waals surface area contributed by atoms with Gasteiger partial charge in [0.15, 0.2) is 0 Å².